The number of rotatable bonds is 4. The molecule has 0 saturated carbocycles. The first kappa shape index (κ1) is 23.8. The minimum absolute atomic E-state index is 0.0127. The van der Waals surface area contributed by atoms with Crippen LogP contribution in [0.2, 0.25) is 0 Å². The van der Waals surface area contributed by atoms with Crippen molar-refractivity contribution in [2.45, 2.75) is 32.4 Å². The number of carbonyl (C=O) groups is 1. The van der Waals surface area contributed by atoms with Gasteiger partial charge in [0.25, 0.3) is 11.5 Å². The SMILES string of the molecule is Cc1cc2[nH]c(=O)c3cnn(C4CCOCC4)c3c2cc1C(=O)N1CCN(Cc2cccc(F)c2)CC1. The number of ether oxygens (including phenoxy) is 1. The normalized spacial score (nSPS) is 17.6. The lowest BCUT2D eigenvalue weighted by Gasteiger charge is -2.35. The van der Waals surface area contributed by atoms with Gasteiger partial charge in [-0.1, -0.05) is 12.1 Å². The molecule has 37 heavy (non-hydrogen) atoms. The second-order valence-corrected chi connectivity index (χ2v) is 10.1. The van der Waals surface area contributed by atoms with Crippen molar-refractivity contribution in [1.82, 2.24) is 24.6 Å². The Balaban J connectivity index is 1.28. The minimum Gasteiger partial charge on any atom is -0.381 e. The number of H-pyrrole nitrogens is 1. The second kappa shape index (κ2) is 9.72. The largest absolute Gasteiger partial charge is 0.381 e. The number of piperazine rings is 1. The van der Waals surface area contributed by atoms with Crippen molar-refractivity contribution in [2.24, 2.45) is 0 Å². The highest BCUT2D eigenvalue weighted by Gasteiger charge is 2.26. The number of hydrogen-bond donors (Lipinski definition) is 1. The highest BCUT2D eigenvalue weighted by Crippen LogP contribution is 2.30. The first-order valence-corrected chi connectivity index (χ1v) is 12.9. The van der Waals surface area contributed by atoms with E-state index >= 15 is 0 Å². The Bertz CT molecular complexity index is 1530. The van der Waals surface area contributed by atoms with Crippen LogP contribution in [0, 0.1) is 12.7 Å². The topological polar surface area (TPSA) is 83.5 Å². The van der Waals surface area contributed by atoms with E-state index in [1.807, 2.05) is 34.7 Å². The van der Waals surface area contributed by atoms with Gasteiger partial charge in [0.1, 0.15) is 5.82 Å². The Hall–Kier alpha value is -3.56. The molecule has 8 nitrogen and oxygen atoms in total. The molecule has 4 aromatic rings. The van der Waals surface area contributed by atoms with E-state index in [2.05, 4.69) is 15.0 Å². The highest BCUT2D eigenvalue weighted by molar-refractivity contribution is 6.07. The van der Waals surface area contributed by atoms with Crippen molar-refractivity contribution < 1.29 is 13.9 Å². The van der Waals surface area contributed by atoms with E-state index in [0.29, 0.717) is 49.3 Å². The third-order valence-corrected chi connectivity index (χ3v) is 7.63. The second-order valence-electron chi connectivity index (χ2n) is 10.1. The van der Waals surface area contributed by atoms with Crippen LogP contribution in [0.3, 0.4) is 0 Å². The van der Waals surface area contributed by atoms with Crippen LogP contribution in [0.5, 0.6) is 0 Å². The van der Waals surface area contributed by atoms with Crippen molar-refractivity contribution in [1.29, 1.82) is 0 Å². The molecule has 192 valence electrons. The number of aromatic amines is 1. The average molecular weight is 504 g/mol. The molecule has 1 amide bonds. The summed E-state index contributed by atoms with van der Waals surface area (Å²) >= 11 is 0. The maximum atomic E-state index is 13.6. The fourth-order valence-electron chi connectivity index (χ4n) is 5.60. The van der Waals surface area contributed by atoms with Crippen LogP contribution < -0.4 is 5.56 Å². The summed E-state index contributed by atoms with van der Waals surface area (Å²) in [5.74, 6) is -0.243. The number of aryl methyl sites for hydroxylation is 1. The first-order valence-electron chi connectivity index (χ1n) is 12.9. The number of pyridine rings is 1. The van der Waals surface area contributed by atoms with E-state index < -0.39 is 0 Å². The van der Waals surface area contributed by atoms with Gasteiger partial charge in [0.2, 0.25) is 0 Å². The molecule has 1 N–H and O–H groups in total. The van der Waals surface area contributed by atoms with Crippen molar-refractivity contribution in [3.8, 4) is 0 Å². The summed E-state index contributed by atoms with van der Waals surface area (Å²) in [5, 5.41) is 5.95. The Morgan fingerprint density at radius 2 is 1.89 bits per heavy atom. The van der Waals surface area contributed by atoms with E-state index in [-0.39, 0.29) is 23.3 Å². The molecule has 0 radical (unpaired) electrons. The maximum absolute atomic E-state index is 13.6. The van der Waals surface area contributed by atoms with Gasteiger partial charge in [-0.15, -0.1) is 0 Å². The van der Waals surface area contributed by atoms with E-state index in [1.54, 1.807) is 18.3 Å². The summed E-state index contributed by atoms with van der Waals surface area (Å²) in [5.41, 5.74) is 3.71. The minimum atomic E-state index is -0.230. The molecule has 2 aromatic carbocycles. The molecule has 2 aliphatic rings. The predicted octanol–water partition coefficient (Wildman–Crippen LogP) is 3.63. The number of nitrogens with one attached hydrogen (secondary N) is 1. The van der Waals surface area contributed by atoms with Crippen molar-refractivity contribution in [3.63, 3.8) is 0 Å². The predicted molar refractivity (Wildman–Crippen MR) is 139 cm³/mol. The van der Waals surface area contributed by atoms with Crippen LogP contribution in [0.4, 0.5) is 4.39 Å². The molecule has 0 unspecified atom stereocenters. The summed E-state index contributed by atoms with van der Waals surface area (Å²) in [6, 6.07) is 10.6. The van der Waals surface area contributed by atoms with E-state index in [9.17, 15) is 14.0 Å². The summed E-state index contributed by atoms with van der Waals surface area (Å²) in [6.45, 7) is 6.56. The molecular weight excluding hydrogens is 473 g/mol. The maximum Gasteiger partial charge on any atom is 0.259 e. The summed E-state index contributed by atoms with van der Waals surface area (Å²) in [4.78, 5) is 33.6. The number of amides is 1. The van der Waals surface area contributed by atoms with Gasteiger partial charge in [0, 0.05) is 56.9 Å². The number of carbonyl (C=O) groups excluding carboxylic acids is 1. The number of fused-ring (bicyclic) bond motifs is 3. The van der Waals surface area contributed by atoms with Gasteiger partial charge in [0.05, 0.1) is 28.7 Å². The first-order chi connectivity index (χ1) is 18.0. The van der Waals surface area contributed by atoms with Gasteiger partial charge in [-0.25, -0.2) is 4.39 Å². The molecule has 9 heteroatoms. The van der Waals surface area contributed by atoms with Crippen LogP contribution in [-0.2, 0) is 11.3 Å². The number of hydrogen-bond acceptors (Lipinski definition) is 5. The van der Waals surface area contributed by atoms with Gasteiger partial charge in [0.15, 0.2) is 0 Å². The van der Waals surface area contributed by atoms with Crippen LogP contribution in [0.1, 0.15) is 40.4 Å². The van der Waals surface area contributed by atoms with Crippen molar-refractivity contribution >= 4 is 27.7 Å². The third kappa shape index (κ3) is 4.53. The zero-order valence-corrected chi connectivity index (χ0v) is 20.9. The molecule has 0 bridgehead atoms. The lowest BCUT2D eigenvalue weighted by Crippen LogP contribution is -2.48. The number of nitrogens with zero attached hydrogens (tertiary/aromatic N) is 4. The van der Waals surface area contributed by atoms with E-state index in [0.717, 1.165) is 48.0 Å². The average Bonchev–Trinajstić information content (AvgIpc) is 3.35. The molecule has 2 aliphatic heterocycles. The lowest BCUT2D eigenvalue weighted by atomic mass is 10.0. The summed E-state index contributed by atoms with van der Waals surface area (Å²) in [7, 11) is 0. The molecule has 4 heterocycles. The zero-order valence-electron chi connectivity index (χ0n) is 20.9. The fourth-order valence-corrected chi connectivity index (χ4v) is 5.60. The monoisotopic (exact) mass is 503 g/mol. The van der Waals surface area contributed by atoms with E-state index in [1.165, 1.54) is 6.07 Å². The zero-order chi connectivity index (χ0) is 25.5. The standard InChI is InChI=1S/C28H30FN5O3/c1-18-13-25-23(26-24(27(35)31-25)16-30-34(26)21-5-11-37-12-6-21)15-22(18)28(36)33-9-7-32(8-10-33)17-19-3-2-4-20(29)14-19/h2-4,13-16,21H,5-12,17H2,1H3,(H,31,35). The number of benzene rings is 2. The molecule has 2 saturated heterocycles. The van der Waals surface area contributed by atoms with Crippen LogP contribution in [0.25, 0.3) is 21.8 Å². The van der Waals surface area contributed by atoms with Crippen molar-refractivity contribution in [2.75, 3.05) is 39.4 Å². The number of halogens is 1. The Labute approximate surface area is 213 Å². The molecule has 0 aliphatic carbocycles. The fraction of sp³-hybridized carbons (Fsp3) is 0.393. The van der Waals surface area contributed by atoms with Gasteiger partial charge in [-0.3, -0.25) is 19.2 Å². The van der Waals surface area contributed by atoms with Crippen LogP contribution in [0.15, 0.2) is 47.4 Å². The van der Waals surface area contributed by atoms with Crippen LogP contribution in [-0.4, -0.2) is 69.9 Å². The van der Waals surface area contributed by atoms with Crippen molar-refractivity contribution in [3.05, 3.63) is 75.5 Å². The van der Waals surface area contributed by atoms with Gasteiger partial charge >= 0.3 is 0 Å². The molecule has 0 spiro atoms. The van der Waals surface area contributed by atoms with Gasteiger partial charge in [-0.05, 0) is 55.2 Å². The van der Waals surface area contributed by atoms with E-state index in [4.69, 9.17) is 4.74 Å². The molecule has 0 atom stereocenters. The summed E-state index contributed by atoms with van der Waals surface area (Å²) in [6.07, 6.45) is 3.30. The summed E-state index contributed by atoms with van der Waals surface area (Å²) < 4.78 is 21.0. The molecule has 6 rings (SSSR count). The smallest absolute Gasteiger partial charge is 0.259 e. The number of aromatic nitrogens is 3. The Morgan fingerprint density at radius 1 is 1.11 bits per heavy atom. The Kier molecular flexibility index (Phi) is 6.26. The molecule has 2 aromatic heterocycles. The third-order valence-electron chi connectivity index (χ3n) is 7.63. The lowest BCUT2D eigenvalue weighted by molar-refractivity contribution is 0.0628. The van der Waals surface area contributed by atoms with Gasteiger partial charge in [-0.2, -0.15) is 5.10 Å². The quantitative estimate of drug-likeness (QED) is 0.460. The van der Waals surface area contributed by atoms with Gasteiger partial charge < -0.3 is 14.6 Å². The van der Waals surface area contributed by atoms with Crippen LogP contribution >= 0.6 is 0 Å². The Morgan fingerprint density at radius 3 is 2.65 bits per heavy atom. The highest BCUT2D eigenvalue weighted by atomic mass is 19.1. The molecule has 2 fully saturated rings. The molecular formula is C28H30FN5O3.